The standard InChI is InChI=1S/C15H14FN5O2/c1-23-15-9-7-13-19-18-12(21(13)20-15)6-8-14(22)17-11-5-3-2-4-10(11)16/h2-5,7,9H,6,8H2,1H3,(H,17,22). The number of benzene rings is 1. The summed E-state index contributed by atoms with van der Waals surface area (Å²) in [4.78, 5) is 11.9. The topological polar surface area (TPSA) is 81.4 Å². The van der Waals surface area contributed by atoms with E-state index < -0.39 is 5.82 Å². The van der Waals surface area contributed by atoms with E-state index in [9.17, 15) is 9.18 Å². The second kappa shape index (κ2) is 6.39. The summed E-state index contributed by atoms with van der Waals surface area (Å²) in [5.41, 5.74) is 0.721. The summed E-state index contributed by atoms with van der Waals surface area (Å²) in [5.74, 6) is 0.173. The first kappa shape index (κ1) is 14.9. The molecule has 0 aliphatic heterocycles. The van der Waals surface area contributed by atoms with Gasteiger partial charge in [0.15, 0.2) is 11.5 Å². The fraction of sp³-hybridized carbons (Fsp3) is 0.200. The number of nitrogens with one attached hydrogen (secondary N) is 1. The summed E-state index contributed by atoms with van der Waals surface area (Å²) < 4.78 is 20.1. The van der Waals surface area contributed by atoms with Crippen LogP contribution >= 0.6 is 0 Å². The fourth-order valence-corrected chi connectivity index (χ4v) is 2.08. The molecule has 2 aromatic heterocycles. The Morgan fingerprint density at radius 1 is 1.26 bits per heavy atom. The third kappa shape index (κ3) is 3.25. The molecule has 0 bridgehead atoms. The average Bonchev–Trinajstić information content (AvgIpc) is 2.97. The lowest BCUT2D eigenvalue weighted by molar-refractivity contribution is -0.116. The molecular weight excluding hydrogens is 301 g/mol. The summed E-state index contributed by atoms with van der Waals surface area (Å²) in [6.45, 7) is 0. The van der Waals surface area contributed by atoms with E-state index in [-0.39, 0.29) is 18.0 Å². The van der Waals surface area contributed by atoms with Crippen LogP contribution in [-0.4, -0.2) is 32.8 Å². The number of fused-ring (bicyclic) bond motifs is 1. The van der Waals surface area contributed by atoms with Crippen molar-refractivity contribution < 1.29 is 13.9 Å². The van der Waals surface area contributed by atoms with Crippen molar-refractivity contribution in [3.8, 4) is 5.88 Å². The summed E-state index contributed by atoms with van der Waals surface area (Å²) in [6.07, 6.45) is 0.454. The zero-order chi connectivity index (χ0) is 16.2. The maximum absolute atomic E-state index is 13.5. The number of carbonyl (C=O) groups is 1. The fourth-order valence-electron chi connectivity index (χ4n) is 2.08. The largest absolute Gasteiger partial charge is 0.480 e. The predicted octanol–water partition coefficient (Wildman–Crippen LogP) is 1.84. The van der Waals surface area contributed by atoms with E-state index in [1.807, 2.05) is 0 Å². The Hall–Kier alpha value is -3.03. The molecule has 0 aliphatic rings. The van der Waals surface area contributed by atoms with Gasteiger partial charge < -0.3 is 10.1 Å². The number of hydrogen-bond acceptors (Lipinski definition) is 5. The number of halogens is 1. The lowest BCUT2D eigenvalue weighted by Gasteiger charge is -2.05. The molecule has 0 saturated carbocycles. The number of methoxy groups -OCH3 is 1. The number of amides is 1. The van der Waals surface area contributed by atoms with Gasteiger partial charge in [-0.25, -0.2) is 4.39 Å². The average molecular weight is 315 g/mol. The second-order valence-electron chi connectivity index (χ2n) is 4.79. The first-order valence-electron chi connectivity index (χ1n) is 6.97. The van der Waals surface area contributed by atoms with Crippen molar-refractivity contribution in [2.24, 2.45) is 0 Å². The third-order valence-electron chi connectivity index (χ3n) is 3.24. The van der Waals surface area contributed by atoms with Crippen molar-refractivity contribution in [3.05, 3.63) is 48.0 Å². The van der Waals surface area contributed by atoms with Crippen LogP contribution in [0.2, 0.25) is 0 Å². The molecule has 3 aromatic rings. The minimum absolute atomic E-state index is 0.133. The van der Waals surface area contributed by atoms with Crippen molar-refractivity contribution in [1.29, 1.82) is 0 Å². The van der Waals surface area contributed by atoms with Crippen LogP contribution in [0, 0.1) is 5.82 Å². The number of hydrogen-bond donors (Lipinski definition) is 1. The number of aromatic nitrogens is 4. The Kier molecular flexibility index (Phi) is 4.13. The summed E-state index contributed by atoms with van der Waals surface area (Å²) in [6, 6.07) is 9.41. The van der Waals surface area contributed by atoms with E-state index in [1.54, 1.807) is 24.3 Å². The van der Waals surface area contributed by atoms with Gasteiger partial charge in [0.05, 0.1) is 12.8 Å². The van der Waals surface area contributed by atoms with E-state index in [0.29, 0.717) is 23.8 Å². The zero-order valence-corrected chi connectivity index (χ0v) is 12.4. The minimum Gasteiger partial charge on any atom is -0.480 e. The monoisotopic (exact) mass is 315 g/mol. The van der Waals surface area contributed by atoms with Crippen molar-refractivity contribution in [2.45, 2.75) is 12.8 Å². The molecule has 118 valence electrons. The number of para-hydroxylation sites is 1. The van der Waals surface area contributed by atoms with Crippen molar-refractivity contribution >= 4 is 17.2 Å². The summed E-state index contributed by atoms with van der Waals surface area (Å²) in [7, 11) is 1.51. The number of carbonyl (C=O) groups excluding carboxylic acids is 1. The van der Waals surface area contributed by atoms with Crippen molar-refractivity contribution in [1.82, 2.24) is 19.8 Å². The molecule has 0 atom stereocenters. The molecule has 1 aromatic carbocycles. The lowest BCUT2D eigenvalue weighted by atomic mass is 10.2. The van der Waals surface area contributed by atoms with Gasteiger partial charge in [-0.1, -0.05) is 12.1 Å². The first-order chi connectivity index (χ1) is 11.2. The van der Waals surface area contributed by atoms with Gasteiger partial charge in [-0.3, -0.25) is 4.79 Å². The molecule has 3 rings (SSSR count). The highest BCUT2D eigenvalue weighted by atomic mass is 19.1. The number of nitrogens with zero attached hydrogens (tertiary/aromatic N) is 4. The molecule has 0 fully saturated rings. The maximum Gasteiger partial charge on any atom is 0.231 e. The maximum atomic E-state index is 13.5. The summed E-state index contributed by atoms with van der Waals surface area (Å²) in [5, 5.41) is 14.7. The quantitative estimate of drug-likeness (QED) is 0.777. The zero-order valence-electron chi connectivity index (χ0n) is 12.4. The van der Waals surface area contributed by atoms with Gasteiger partial charge in [-0.15, -0.1) is 15.3 Å². The SMILES string of the molecule is COc1ccc2nnc(CCC(=O)Nc3ccccc3F)n2n1. The van der Waals surface area contributed by atoms with E-state index in [1.165, 1.54) is 23.8 Å². The molecule has 0 saturated heterocycles. The van der Waals surface area contributed by atoms with Crippen LogP contribution in [0.25, 0.3) is 5.65 Å². The number of anilines is 1. The number of rotatable bonds is 5. The van der Waals surface area contributed by atoms with Crippen LogP contribution in [0.15, 0.2) is 36.4 Å². The highest BCUT2D eigenvalue weighted by molar-refractivity contribution is 5.90. The van der Waals surface area contributed by atoms with E-state index in [2.05, 4.69) is 20.6 Å². The van der Waals surface area contributed by atoms with Crippen LogP contribution in [0.3, 0.4) is 0 Å². The summed E-state index contributed by atoms with van der Waals surface area (Å²) >= 11 is 0. The van der Waals surface area contributed by atoms with Gasteiger partial charge in [-0.2, -0.15) is 4.52 Å². The second-order valence-corrected chi connectivity index (χ2v) is 4.79. The molecular formula is C15H14FN5O2. The van der Waals surface area contributed by atoms with Gasteiger partial charge >= 0.3 is 0 Å². The molecule has 0 radical (unpaired) electrons. The molecule has 1 N–H and O–H groups in total. The van der Waals surface area contributed by atoms with Gasteiger partial charge in [0.1, 0.15) is 5.82 Å². The van der Waals surface area contributed by atoms with E-state index >= 15 is 0 Å². The molecule has 0 aliphatic carbocycles. The third-order valence-corrected chi connectivity index (χ3v) is 3.24. The Labute approximate surface area is 131 Å². The van der Waals surface area contributed by atoms with Gasteiger partial charge in [0, 0.05) is 18.9 Å². The van der Waals surface area contributed by atoms with Gasteiger partial charge in [0.2, 0.25) is 11.8 Å². The van der Waals surface area contributed by atoms with E-state index in [4.69, 9.17) is 4.74 Å². The van der Waals surface area contributed by atoms with Gasteiger partial charge in [0.25, 0.3) is 0 Å². The van der Waals surface area contributed by atoms with Crippen molar-refractivity contribution in [2.75, 3.05) is 12.4 Å². The van der Waals surface area contributed by atoms with Crippen LogP contribution in [0.5, 0.6) is 5.88 Å². The highest BCUT2D eigenvalue weighted by Gasteiger charge is 2.11. The Morgan fingerprint density at radius 3 is 2.87 bits per heavy atom. The first-order valence-corrected chi connectivity index (χ1v) is 6.97. The molecule has 0 spiro atoms. The predicted molar refractivity (Wildman–Crippen MR) is 80.7 cm³/mol. The van der Waals surface area contributed by atoms with E-state index in [0.717, 1.165) is 0 Å². The van der Waals surface area contributed by atoms with Gasteiger partial charge in [-0.05, 0) is 18.2 Å². The van der Waals surface area contributed by atoms with Crippen LogP contribution < -0.4 is 10.1 Å². The molecule has 2 heterocycles. The smallest absolute Gasteiger partial charge is 0.231 e. The lowest BCUT2D eigenvalue weighted by Crippen LogP contribution is -2.14. The van der Waals surface area contributed by atoms with Crippen LogP contribution in [0.1, 0.15) is 12.2 Å². The van der Waals surface area contributed by atoms with Crippen LogP contribution in [-0.2, 0) is 11.2 Å². The number of aryl methyl sites for hydroxylation is 1. The molecule has 1 amide bonds. The molecule has 7 nitrogen and oxygen atoms in total. The normalized spacial score (nSPS) is 10.7. The molecule has 8 heteroatoms. The van der Waals surface area contributed by atoms with Crippen molar-refractivity contribution in [3.63, 3.8) is 0 Å². The number of ether oxygens (including phenoxy) is 1. The van der Waals surface area contributed by atoms with Crippen LogP contribution in [0.4, 0.5) is 10.1 Å². The minimum atomic E-state index is -0.472. The highest BCUT2D eigenvalue weighted by Crippen LogP contribution is 2.13. The molecule has 23 heavy (non-hydrogen) atoms. The Morgan fingerprint density at radius 2 is 2.09 bits per heavy atom. The Bertz CT molecular complexity index is 849. The molecule has 0 unspecified atom stereocenters. The Balaban J connectivity index is 1.68.